The summed E-state index contributed by atoms with van der Waals surface area (Å²) < 4.78 is 0. The summed E-state index contributed by atoms with van der Waals surface area (Å²) in [7, 11) is 0. The van der Waals surface area contributed by atoms with Crippen molar-refractivity contribution in [2.75, 3.05) is 25.0 Å². The van der Waals surface area contributed by atoms with Crippen LogP contribution in [0.3, 0.4) is 0 Å². The molecule has 0 aliphatic carbocycles. The van der Waals surface area contributed by atoms with Gasteiger partial charge in [0.1, 0.15) is 0 Å². The zero-order chi connectivity index (χ0) is 13.9. The number of nitro benzene ring substituents is 1. The second kappa shape index (κ2) is 5.46. The standard InChI is InChI=1S/C13H17N5O2/c19-18(20)10-1-2-11-12(7-10)17-13(16-11)15-8-9-3-5-14-6-4-9/h1-2,7,9,14H,3-6,8H2,(H2,15,16,17). The molecule has 3 N–H and O–H groups in total. The molecule has 0 bridgehead atoms. The Morgan fingerprint density at radius 2 is 2.20 bits per heavy atom. The van der Waals surface area contributed by atoms with Gasteiger partial charge in [0.15, 0.2) is 0 Å². The Bertz CT molecular complexity index is 618. The number of fused-ring (bicyclic) bond motifs is 1. The summed E-state index contributed by atoms with van der Waals surface area (Å²) in [6.45, 7) is 3.01. The molecule has 1 fully saturated rings. The van der Waals surface area contributed by atoms with Crippen molar-refractivity contribution in [3.8, 4) is 0 Å². The molecule has 2 aromatic rings. The van der Waals surface area contributed by atoms with Gasteiger partial charge in [-0.3, -0.25) is 10.1 Å². The number of piperidine rings is 1. The van der Waals surface area contributed by atoms with Gasteiger partial charge in [0.25, 0.3) is 5.69 Å². The molecule has 106 valence electrons. The van der Waals surface area contributed by atoms with Crippen molar-refractivity contribution in [1.82, 2.24) is 15.3 Å². The lowest BCUT2D eigenvalue weighted by Crippen LogP contribution is -2.31. The second-order valence-electron chi connectivity index (χ2n) is 5.12. The molecule has 1 aromatic heterocycles. The number of aromatic nitrogens is 2. The van der Waals surface area contributed by atoms with Gasteiger partial charge in [0, 0.05) is 18.7 Å². The SMILES string of the molecule is O=[N+]([O-])c1ccc2nc(NCC3CCNCC3)[nH]c2c1. The summed E-state index contributed by atoms with van der Waals surface area (Å²) in [5, 5.41) is 17.4. The largest absolute Gasteiger partial charge is 0.356 e. The molecule has 2 heterocycles. The molecule has 0 amide bonds. The minimum atomic E-state index is -0.400. The Hall–Kier alpha value is -2.15. The van der Waals surface area contributed by atoms with Gasteiger partial charge in [-0.15, -0.1) is 0 Å². The highest BCUT2D eigenvalue weighted by Crippen LogP contribution is 2.21. The normalized spacial score (nSPS) is 16.4. The van der Waals surface area contributed by atoms with E-state index < -0.39 is 4.92 Å². The average Bonchev–Trinajstić information content (AvgIpc) is 2.88. The van der Waals surface area contributed by atoms with Crippen molar-refractivity contribution in [2.24, 2.45) is 5.92 Å². The number of aromatic amines is 1. The molecule has 1 aliphatic rings. The highest BCUT2D eigenvalue weighted by Gasteiger charge is 2.14. The van der Waals surface area contributed by atoms with Crippen molar-refractivity contribution >= 4 is 22.7 Å². The van der Waals surface area contributed by atoms with E-state index in [0.29, 0.717) is 17.4 Å². The molecular formula is C13H17N5O2. The third kappa shape index (κ3) is 2.72. The van der Waals surface area contributed by atoms with Gasteiger partial charge in [-0.2, -0.15) is 0 Å². The predicted octanol–water partition coefficient (Wildman–Crippen LogP) is 1.88. The van der Waals surface area contributed by atoms with E-state index in [-0.39, 0.29) is 5.69 Å². The molecule has 1 aliphatic heterocycles. The number of hydrogen-bond acceptors (Lipinski definition) is 5. The molecule has 0 saturated carbocycles. The van der Waals surface area contributed by atoms with E-state index in [1.54, 1.807) is 6.07 Å². The number of benzene rings is 1. The Balaban J connectivity index is 1.70. The molecule has 0 unspecified atom stereocenters. The van der Waals surface area contributed by atoms with Crippen LogP contribution >= 0.6 is 0 Å². The molecule has 1 aromatic carbocycles. The molecule has 7 nitrogen and oxygen atoms in total. The van der Waals surface area contributed by atoms with Crippen LogP contribution in [0.2, 0.25) is 0 Å². The van der Waals surface area contributed by atoms with Crippen molar-refractivity contribution in [1.29, 1.82) is 0 Å². The smallest absolute Gasteiger partial charge is 0.271 e. The van der Waals surface area contributed by atoms with E-state index in [1.165, 1.54) is 25.0 Å². The van der Waals surface area contributed by atoms with Crippen LogP contribution in [0.5, 0.6) is 0 Å². The minimum absolute atomic E-state index is 0.0751. The van der Waals surface area contributed by atoms with Crippen LogP contribution in [0, 0.1) is 16.0 Å². The summed E-state index contributed by atoms with van der Waals surface area (Å²) in [5.41, 5.74) is 1.50. The number of anilines is 1. The Kier molecular flexibility index (Phi) is 3.51. The van der Waals surface area contributed by atoms with Crippen LogP contribution in [0.25, 0.3) is 11.0 Å². The molecule has 1 saturated heterocycles. The lowest BCUT2D eigenvalue weighted by molar-refractivity contribution is -0.384. The Morgan fingerprint density at radius 3 is 2.95 bits per heavy atom. The fourth-order valence-electron chi connectivity index (χ4n) is 2.52. The van der Waals surface area contributed by atoms with Crippen molar-refractivity contribution in [3.05, 3.63) is 28.3 Å². The number of nitro groups is 1. The monoisotopic (exact) mass is 275 g/mol. The number of hydrogen-bond donors (Lipinski definition) is 3. The zero-order valence-electron chi connectivity index (χ0n) is 11.1. The number of non-ortho nitro benzene ring substituents is 1. The van der Waals surface area contributed by atoms with Crippen molar-refractivity contribution in [3.63, 3.8) is 0 Å². The highest BCUT2D eigenvalue weighted by molar-refractivity contribution is 5.79. The van der Waals surface area contributed by atoms with Gasteiger partial charge in [0.2, 0.25) is 5.95 Å². The van der Waals surface area contributed by atoms with Crippen molar-refractivity contribution < 1.29 is 4.92 Å². The summed E-state index contributed by atoms with van der Waals surface area (Å²) >= 11 is 0. The summed E-state index contributed by atoms with van der Waals surface area (Å²) in [6.07, 6.45) is 2.33. The van der Waals surface area contributed by atoms with E-state index in [4.69, 9.17) is 0 Å². The number of rotatable bonds is 4. The summed E-state index contributed by atoms with van der Waals surface area (Å²) in [6, 6.07) is 4.65. The lowest BCUT2D eigenvalue weighted by Gasteiger charge is -2.22. The highest BCUT2D eigenvalue weighted by atomic mass is 16.6. The maximum atomic E-state index is 10.7. The van der Waals surface area contributed by atoms with Crippen LogP contribution in [0.15, 0.2) is 18.2 Å². The van der Waals surface area contributed by atoms with Crippen LogP contribution in [-0.2, 0) is 0 Å². The molecule has 7 heteroatoms. The molecule has 3 rings (SSSR count). The summed E-state index contributed by atoms with van der Waals surface area (Å²) in [5.74, 6) is 1.33. The fraction of sp³-hybridized carbons (Fsp3) is 0.462. The number of H-pyrrole nitrogens is 1. The van der Waals surface area contributed by atoms with Gasteiger partial charge in [-0.05, 0) is 37.9 Å². The molecule has 0 radical (unpaired) electrons. The third-order valence-electron chi connectivity index (χ3n) is 3.69. The average molecular weight is 275 g/mol. The van der Waals surface area contributed by atoms with Crippen LogP contribution in [0.1, 0.15) is 12.8 Å². The topological polar surface area (TPSA) is 95.9 Å². The fourth-order valence-corrected chi connectivity index (χ4v) is 2.52. The number of nitrogens with one attached hydrogen (secondary N) is 3. The molecule has 20 heavy (non-hydrogen) atoms. The van der Waals surface area contributed by atoms with Crippen molar-refractivity contribution in [2.45, 2.75) is 12.8 Å². The van der Waals surface area contributed by atoms with Crippen LogP contribution < -0.4 is 10.6 Å². The van der Waals surface area contributed by atoms with Crippen LogP contribution in [0.4, 0.5) is 11.6 Å². The lowest BCUT2D eigenvalue weighted by atomic mass is 9.98. The first-order valence-corrected chi connectivity index (χ1v) is 6.81. The van der Waals surface area contributed by atoms with Gasteiger partial charge >= 0.3 is 0 Å². The van der Waals surface area contributed by atoms with Crippen LogP contribution in [-0.4, -0.2) is 34.5 Å². The van der Waals surface area contributed by atoms with E-state index in [1.807, 2.05) is 0 Å². The van der Waals surface area contributed by atoms with E-state index >= 15 is 0 Å². The molecular weight excluding hydrogens is 258 g/mol. The van der Waals surface area contributed by atoms with Gasteiger partial charge in [-0.25, -0.2) is 4.98 Å². The molecule has 0 atom stereocenters. The number of imidazole rings is 1. The zero-order valence-corrected chi connectivity index (χ0v) is 11.1. The van der Waals surface area contributed by atoms with E-state index in [9.17, 15) is 10.1 Å². The predicted molar refractivity (Wildman–Crippen MR) is 76.8 cm³/mol. The first-order chi connectivity index (χ1) is 9.72. The first kappa shape index (κ1) is 12.9. The Morgan fingerprint density at radius 1 is 1.40 bits per heavy atom. The minimum Gasteiger partial charge on any atom is -0.356 e. The van der Waals surface area contributed by atoms with E-state index in [2.05, 4.69) is 20.6 Å². The van der Waals surface area contributed by atoms with E-state index in [0.717, 1.165) is 25.2 Å². The maximum Gasteiger partial charge on any atom is 0.271 e. The van der Waals surface area contributed by atoms with Gasteiger partial charge < -0.3 is 15.6 Å². The first-order valence-electron chi connectivity index (χ1n) is 6.81. The molecule has 0 spiro atoms. The number of nitrogens with zero attached hydrogens (tertiary/aromatic N) is 2. The third-order valence-corrected chi connectivity index (χ3v) is 3.69. The van der Waals surface area contributed by atoms with Gasteiger partial charge in [0.05, 0.1) is 16.0 Å². The Labute approximate surface area is 115 Å². The second-order valence-corrected chi connectivity index (χ2v) is 5.12. The summed E-state index contributed by atoms with van der Waals surface area (Å²) in [4.78, 5) is 17.8. The maximum absolute atomic E-state index is 10.7. The van der Waals surface area contributed by atoms with Gasteiger partial charge in [-0.1, -0.05) is 0 Å². The quantitative estimate of drug-likeness (QED) is 0.585.